The van der Waals surface area contributed by atoms with Crippen LogP contribution in [0.2, 0.25) is 0 Å². The molecule has 128 valence electrons. The van der Waals surface area contributed by atoms with Gasteiger partial charge in [0.05, 0.1) is 7.11 Å². The fourth-order valence-electron chi connectivity index (χ4n) is 1.92. The number of benzene rings is 1. The lowest BCUT2D eigenvalue weighted by Crippen LogP contribution is -2.25. The van der Waals surface area contributed by atoms with E-state index in [1.807, 2.05) is 0 Å². The normalized spacial score (nSPS) is 11.7. The molecule has 0 atom stereocenters. The first-order valence-corrected chi connectivity index (χ1v) is 8.88. The molecular weight excluding hydrogens is 316 g/mol. The molecule has 1 rings (SSSR count). The van der Waals surface area contributed by atoms with Crippen LogP contribution < -0.4 is 9.46 Å². The van der Waals surface area contributed by atoms with Crippen LogP contribution in [0.3, 0.4) is 0 Å². The van der Waals surface area contributed by atoms with E-state index < -0.39 is 10.0 Å². The van der Waals surface area contributed by atoms with Crippen molar-refractivity contribution >= 4 is 22.0 Å². The van der Waals surface area contributed by atoms with E-state index in [-0.39, 0.29) is 16.6 Å². The highest BCUT2D eigenvalue weighted by atomic mass is 32.2. The Bertz CT molecular complexity index is 669. The number of nitrogens with one attached hydrogen (secondary N) is 1. The minimum absolute atomic E-state index is 0.0384. The molecule has 23 heavy (non-hydrogen) atoms. The molecule has 1 aromatic carbocycles. The summed E-state index contributed by atoms with van der Waals surface area (Å²) in [6.07, 6.45) is 5.00. The first-order chi connectivity index (χ1) is 10.9. The Balaban J connectivity index is 3.00. The highest BCUT2D eigenvalue weighted by molar-refractivity contribution is 7.89. The zero-order valence-corrected chi connectivity index (χ0v) is 14.8. The molecule has 0 saturated heterocycles. The number of hydrogen-bond acceptors (Lipinski definition) is 4. The summed E-state index contributed by atoms with van der Waals surface area (Å²) < 4.78 is 31.4. The van der Waals surface area contributed by atoms with Gasteiger partial charge in [0.2, 0.25) is 15.9 Å². The van der Waals surface area contributed by atoms with Gasteiger partial charge in [0, 0.05) is 19.7 Å². The fourth-order valence-corrected chi connectivity index (χ4v) is 2.84. The second kappa shape index (κ2) is 8.69. The zero-order chi connectivity index (χ0) is 17.5. The predicted octanol–water partition coefficient (Wildman–Crippen LogP) is 1.88. The maximum atomic E-state index is 12.0. The van der Waals surface area contributed by atoms with E-state index in [0.717, 1.165) is 12.8 Å². The van der Waals surface area contributed by atoms with Crippen molar-refractivity contribution in [3.8, 4) is 5.75 Å². The summed E-state index contributed by atoms with van der Waals surface area (Å²) in [6.45, 7) is 2.76. The summed E-state index contributed by atoms with van der Waals surface area (Å²) in [4.78, 5) is 13.6. The van der Waals surface area contributed by atoms with Crippen LogP contribution in [-0.2, 0) is 14.8 Å². The molecule has 7 heteroatoms. The quantitative estimate of drug-likeness (QED) is 0.733. The second-order valence-electron chi connectivity index (χ2n) is 5.06. The Morgan fingerprint density at radius 3 is 2.65 bits per heavy atom. The van der Waals surface area contributed by atoms with Crippen LogP contribution in [0.25, 0.3) is 6.08 Å². The number of unbranched alkanes of at least 4 members (excludes halogenated alkanes) is 1. The van der Waals surface area contributed by atoms with Gasteiger partial charge < -0.3 is 9.64 Å². The number of methoxy groups -OCH3 is 1. The topological polar surface area (TPSA) is 75.7 Å². The summed E-state index contributed by atoms with van der Waals surface area (Å²) in [6, 6.07) is 4.74. The lowest BCUT2D eigenvalue weighted by Gasteiger charge is -2.14. The van der Waals surface area contributed by atoms with Gasteiger partial charge in [-0.3, -0.25) is 4.79 Å². The van der Waals surface area contributed by atoms with E-state index in [9.17, 15) is 13.2 Å². The molecule has 0 unspecified atom stereocenters. The van der Waals surface area contributed by atoms with Crippen LogP contribution in [0.4, 0.5) is 0 Å². The molecular formula is C16H24N2O4S. The van der Waals surface area contributed by atoms with Gasteiger partial charge in [-0.15, -0.1) is 0 Å². The molecule has 1 amide bonds. The molecule has 1 N–H and O–H groups in total. The molecule has 0 aliphatic carbocycles. The number of likely N-dealkylation sites (N-methyl/N-ethyl adjacent to an activating group) is 1. The van der Waals surface area contributed by atoms with E-state index in [1.54, 1.807) is 30.2 Å². The summed E-state index contributed by atoms with van der Waals surface area (Å²) in [5, 5.41) is 0. The van der Waals surface area contributed by atoms with E-state index >= 15 is 0 Å². The third kappa shape index (κ3) is 5.37. The monoisotopic (exact) mass is 340 g/mol. The summed E-state index contributed by atoms with van der Waals surface area (Å²) >= 11 is 0. The molecule has 0 saturated carbocycles. The highest BCUT2D eigenvalue weighted by Gasteiger charge is 2.17. The number of ether oxygens (including phenoxy) is 1. The summed E-state index contributed by atoms with van der Waals surface area (Å²) in [5.41, 5.74) is 0.608. The van der Waals surface area contributed by atoms with Crippen molar-refractivity contribution in [1.82, 2.24) is 9.62 Å². The third-order valence-electron chi connectivity index (χ3n) is 3.39. The van der Waals surface area contributed by atoms with Gasteiger partial charge in [-0.2, -0.15) is 0 Å². The lowest BCUT2D eigenvalue weighted by molar-refractivity contribution is -0.124. The Labute approximate surface area is 138 Å². The average Bonchev–Trinajstić information content (AvgIpc) is 2.57. The summed E-state index contributed by atoms with van der Waals surface area (Å²) in [5.74, 6) is 0.134. The average molecular weight is 340 g/mol. The number of hydrogen-bond donors (Lipinski definition) is 1. The molecule has 0 aromatic heterocycles. The van der Waals surface area contributed by atoms with Crippen LogP contribution in [0.15, 0.2) is 29.2 Å². The number of rotatable bonds is 8. The van der Waals surface area contributed by atoms with Gasteiger partial charge in [-0.25, -0.2) is 13.1 Å². The van der Waals surface area contributed by atoms with E-state index in [2.05, 4.69) is 11.6 Å². The number of amides is 1. The maximum Gasteiger partial charge on any atom is 0.246 e. The summed E-state index contributed by atoms with van der Waals surface area (Å²) in [7, 11) is 0.854. The molecule has 0 fully saturated rings. The smallest absolute Gasteiger partial charge is 0.246 e. The minimum atomic E-state index is -3.63. The number of carbonyl (C=O) groups is 1. The van der Waals surface area contributed by atoms with Crippen molar-refractivity contribution in [3.63, 3.8) is 0 Å². The number of sulfonamides is 1. The Morgan fingerprint density at radius 2 is 2.09 bits per heavy atom. The van der Waals surface area contributed by atoms with E-state index in [0.29, 0.717) is 12.1 Å². The van der Waals surface area contributed by atoms with E-state index in [1.165, 1.54) is 26.3 Å². The Hall–Kier alpha value is -1.86. The van der Waals surface area contributed by atoms with Gasteiger partial charge in [0.1, 0.15) is 10.6 Å². The van der Waals surface area contributed by atoms with Crippen molar-refractivity contribution in [1.29, 1.82) is 0 Å². The molecule has 0 aliphatic rings. The molecule has 0 radical (unpaired) electrons. The zero-order valence-electron chi connectivity index (χ0n) is 14.0. The first-order valence-electron chi connectivity index (χ1n) is 7.40. The Morgan fingerprint density at radius 1 is 1.39 bits per heavy atom. The number of nitrogens with zero attached hydrogens (tertiary/aromatic N) is 1. The standard InChI is InChI=1S/C16H24N2O4S/c1-5-6-11-18(3)16(19)10-8-13-7-9-14(22-4)15(12-13)23(20,21)17-2/h7-10,12,17H,5-6,11H2,1-4H3. The van der Waals surface area contributed by atoms with Crippen LogP contribution in [0.5, 0.6) is 5.75 Å². The van der Waals surface area contributed by atoms with Crippen LogP contribution in [-0.4, -0.2) is 47.0 Å². The molecule has 0 aliphatic heterocycles. The largest absolute Gasteiger partial charge is 0.495 e. The molecule has 1 aromatic rings. The Kier molecular flexibility index (Phi) is 7.25. The van der Waals surface area contributed by atoms with Crippen molar-refractivity contribution in [2.75, 3.05) is 27.7 Å². The predicted molar refractivity (Wildman–Crippen MR) is 90.8 cm³/mol. The van der Waals surface area contributed by atoms with Crippen molar-refractivity contribution in [2.24, 2.45) is 0 Å². The molecule has 0 bridgehead atoms. The third-order valence-corrected chi connectivity index (χ3v) is 4.82. The molecule has 0 spiro atoms. The molecule has 0 heterocycles. The minimum Gasteiger partial charge on any atom is -0.495 e. The second-order valence-corrected chi connectivity index (χ2v) is 6.92. The van der Waals surface area contributed by atoms with Gasteiger partial charge in [0.15, 0.2) is 0 Å². The highest BCUT2D eigenvalue weighted by Crippen LogP contribution is 2.25. The van der Waals surface area contributed by atoms with E-state index in [4.69, 9.17) is 4.74 Å². The van der Waals surface area contributed by atoms with Crippen molar-refractivity contribution < 1.29 is 17.9 Å². The first kappa shape index (κ1) is 19.2. The van der Waals surface area contributed by atoms with Crippen LogP contribution in [0.1, 0.15) is 25.3 Å². The van der Waals surface area contributed by atoms with Crippen molar-refractivity contribution in [2.45, 2.75) is 24.7 Å². The van der Waals surface area contributed by atoms with Crippen LogP contribution >= 0.6 is 0 Å². The fraction of sp³-hybridized carbons (Fsp3) is 0.438. The van der Waals surface area contributed by atoms with Crippen molar-refractivity contribution in [3.05, 3.63) is 29.8 Å². The SMILES string of the molecule is CCCCN(C)C(=O)C=Cc1ccc(OC)c(S(=O)(=O)NC)c1. The molecule has 6 nitrogen and oxygen atoms in total. The van der Waals surface area contributed by atoms with Gasteiger partial charge in [-0.1, -0.05) is 19.4 Å². The van der Waals surface area contributed by atoms with Gasteiger partial charge in [-0.05, 0) is 37.2 Å². The maximum absolute atomic E-state index is 12.0. The van der Waals surface area contributed by atoms with Crippen LogP contribution in [0, 0.1) is 0 Å². The van der Waals surface area contributed by atoms with Gasteiger partial charge in [0.25, 0.3) is 0 Å². The number of carbonyl (C=O) groups excluding carboxylic acids is 1. The van der Waals surface area contributed by atoms with Gasteiger partial charge >= 0.3 is 0 Å². The lowest BCUT2D eigenvalue weighted by atomic mass is 10.2.